The number of nitrogens with one attached hydrogen (secondary N) is 1. The number of pyridine rings is 1. The molecule has 3 nitrogen and oxygen atoms in total. The summed E-state index contributed by atoms with van der Waals surface area (Å²) in [7, 11) is 0. The van der Waals surface area contributed by atoms with Gasteiger partial charge in [-0.1, -0.05) is 0 Å². The molecule has 1 unspecified atom stereocenters. The average Bonchev–Trinajstić information content (AvgIpc) is 2.55. The maximum absolute atomic E-state index is 4.17. The summed E-state index contributed by atoms with van der Waals surface area (Å²) in [5.41, 5.74) is 1.25. The molecule has 0 saturated carbocycles. The van der Waals surface area contributed by atoms with Crippen molar-refractivity contribution in [3.05, 3.63) is 24.5 Å². The molecule has 0 aromatic carbocycles. The zero-order chi connectivity index (χ0) is 10.5. The summed E-state index contributed by atoms with van der Waals surface area (Å²) in [6.07, 6.45) is 5.04. The van der Waals surface area contributed by atoms with Crippen molar-refractivity contribution in [1.29, 1.82) is 0 Å². The van der Waals surface area contributed by atoms with Gasteiger partial charge in [0.2, 0.25) is 0 Å². The number of hydrogen-bond acceptors (Lipinski definition) is 3. The Morgan fingerprint density at radius 1 is 1.53 bits per heavy atom. The molecule has 15 heavy (non-hydrogen) atoms. The topological polar surface area (TPSA) is 28.2 Å². The van der Waals surface area contributed by atoms with Gasteiger partial charge in [0.15, 0.2) is 0 Å². The van der Waals surface area contributed by atoms with Crippen LogP contribution in [0.15, 0.2) is 24.5 Å². The van der Waals surface area contributed by atoms with E-state index in [4.69, 9.17) is 0 Å². The van der Waals surface area contributed by atoms with Gasteiger partial charge in [0, 0.05) is 0 Å². The van der Waals surface area contributed by atoms with E-state index in [0.29, 0.717) is 15.0 Å². The van der Waals surface area contributed by atoms with E-state index in [1.807, 2.05) is 18.5 Å². The van der Waals surface area contributed by atoms with Crippen LogP contribution in [0.25, 0.3) is 0 Å². The predicted molar refractivity (Wildman–Crippen MR) is 64.5 cm³/mol. The van der Waals surface area contributed by atoms with Gasteiger partial charge in [-0.25, -0.2) is 0 Å². The Kier molecular flexibility index (Phi) is 4.01. The van der Waals surface area contributed by atoms with Gasteiger partial charge in [-0.3, -0.25) is 0 Å². The second-order valence-electron chi connectivity index (χ2n) is 3.67. The van der Waals surface area contributed by atoms with Crippen molar-refractivity contribution in [2.24, 2.45) is 0 Å². The van der Waals surface area contributed by atoms with Crippen LogP contribution in [-0.4, -0.2) is 44.5 Å². The fourth-order valence-electron chi connectivity index (χ4n) is 1.85. The Balaban J connectivity index is 2.00. The fourth-order valence-corrected chi connectivity index (χ4v) is 3.16. The molecule has 0 aliphatic carbocycles. The molecule has 0 spiro atoms. The molecule has 0 radical (unpaired) electrons. The third-order valence-electron chi connectivity index (χ3n) is 2.71. The van der Waals surface area contributed by atoms with Crippen LogP contribution in [0.2, 0.25) is 5.82 Å². The molecule has 1 aromatic rings. The van der Waals surface area contributed by atoms with E-state index in [1.54, 1.807) is 0 Å². The third-order valence-corrected chi connectivity index (χ3v) is 4.75. The second-order valence-corrected chi connectivity index (χ2v) is 5.85. The van der Waals surface area contributed by atoms with E-state index in [-0.39, 0.29) is 0 Å². The van der Waals surface area contributed by atoms with Crippen molar-refractivity contribution >= 4 is 20.6 Å². The first-order chi connectivity index (χ1) is 7.40. The molecule has 82 valence electrons. The minimum absolute atomic E-state index is 0.713. The molecule has 2 rings (SSSR count). The van der Waals surface area contributed by atoms with Gasteiger partial charge in [-0.2, -0.15) is 0 Å². The monoisotopic (exact) mass is 271 g/mol. The van der Waals surface area contributed by atoms with Gasteiger partial charge in [-0.05, 0) is 0 Å². The standard InChI is InChI=1S/C11H17N3Se/c1-15-11-4-7-14(8-6-13-11)10-3-2-5-12-9-10/h2-3,5,9,11,13H,4,6-8H2,1H3. The third kappa shape index (κ3) is 2.94. The molecular weight excluding hydrogens is 253 g/mol. The molecule has 1 saturated heterocycles. The van der Waals surface area contributed by atoms with Crippen molar-refractivity contribution in [1.82, 2.24) is 10.3 Å². The SMILES string of the molecule is C[Se]C1CCN(c2cccnc2)CCN1. The summed E-state index contributed by atoms with van der Waals surface area (Å²) in [5, 5.41) is 3.60. The molecule has 2 heterocycles. The number of nitrogens with zero attached hydrogens (tertiary/aromatic N) is 2. The van der Waals surface area contributed by atoms with Gasteiger partial charge >= 0.3 is 97.2 Å². The second kappa shape index (κ2) is 5.50. The first-order valence-electron chi connectivity index (χ1n) is 5.31. The first kappa shape index (κ1) is 10.9. The Hall–Kier alpha value is -0.571. The van der Waals surface area contributed by atoms with E-state index in [1.165, 1.54) is 12.1 Å². The number of aromatic nitrogens is 1. The summed E-state index contributed by atoms with van der Waals surface area (Å²) in [4.78, 5) is 7.34. The summed E-state index contributed by atoms with van der Waals surface area (Å²) in [6.45, 7) is 3.34. The molecule has 0 amide bonds. The summed E-state index contributed by atoms with van der Waals surface area (Å²) in [6, 6.07) is 4.15. The van der Waals surface area contributed by atoms with Crippen LogP contribution in [0.4, 0.5) is 5.69 Å². The number of hydrogen-bond donors (Lipinski definition) is 1. The van der Waals surface area contributed by atoms with Gasteiger partial charge in [0.25, 0.3) is 0 Å². The zero-order valence-corrected chi connectivity index (χ0v) is 10.7. The molecular formula is C11H17N3Se. The Morgan fingerprint density at radius 3 is 3.20 bits per heavy atom. The van der Waals surface area contributed by atoms with Crippen molar-refractivity contribution < 1.29 is 0 Å². The van der Waals surface area contributed by atoms with E-state index in [2.05, 4.69) is 27.1 Å². The van der Waals surface area contributed by atoms with Gasteiger partial charge in [-0.15, -0.1) is 0 Å². The van der Waals surface area contributed by atoms with E-state index in [9.17, 15) is 0 Å². The van der Waals surface area contributed by atoms with Crippen molar-refractivity contribution in [2.75, 3.05) is 24.5 Å². The quantitative estimate of drug-likeness (QED) is 0.811. The average molecular weight is 270 g/mol. The first-order valence-corrected chi connectivity index (χ1v) is 8.01. The van der Waals surface area contributed by atoms with Gasteiger partial charge in [0.1, 0.15) is 0 Å². The van der Waals surface area contributed by atoms with Crippen LogP contribution in [0.3, 0.4) is 0 Å². The zero-order valence-electron chi connectivity index (χ0n) is 9.02. The molecule has 1 aromatic heterocycles. The maximum atomic E-state index is 4.17. The Morgan fingerprint density at radius 2 is 2.47 bits per heavy atom. The van der Waals surface area contributed by atoms with E-state index >= 15 is 0 Å². The Bertz CT molecular complexity index is 291. The minimum atomic E-state index is 0.713. The van der Waals surface area contributed by atoms with Gasteiger partial charge in [0.05, 0.1) is 0 Å². The molecule has 0 bridgehead atoms. The summed E-state index contributed by atoms with van der Waals surface area (Å²) in [5.74, 6) is 2.31. The van der Waals surface area contributed by atoms with Crippen molar-refractivity contribution in [2.45, 2.75) is 17.2 Å². The van der Waals surface area contributed by atoms with E-state index in [0.717, 1.165) is 24.6 Å². The predicted octanol–water partition coefficient (Wildman–Crippen LogP) is 0.960. The number of anilines is 1. The van der Waals surface area contributed by atoms with E-state index < -0.39 is 0 Å². The molecule has 1 aliphatic rings. The molecule has 1 fully saturated rings. The number of rotatable bonds is 2. The van der Waals surface area contributed by atoms with Crippen LogP contribution in [0.5, 0.6) is 0 Å². The molecule has 1 N–H and O–H groups in total. The van der Waals surface area contributed by atoms with Crippen molar-refractivity contribution in [3.63, 3.8) is 0 Å². The van der Waals surface area contributed by atoms with Crippen LogP contribution in [0, 0.1) is 0 Å². The summed E-state index contributed by atoms with van der Waals surface area (Å²) >= 11 is 0.713. The summed E-state index contributed by atoms with van der Waals surface area (Å²) < 4.78 is 0. The van der Waals surface area contributed by atoms with Crippen LogP contribution >= 0.6 is 0 Å². The Labute approximate surface area is 97.4 Å². The fraction of sp³-hybridized carbons (Fsp3) is 0.545. The normalized spacial score (nSPS) is 22.5. The van der Waals surface area contributed by atoms with Gasteiger partial charge < -0.3 is 0 Å². The van der Waals surface area contributed by atoms with Crippen LogP contribution < -0.4 is 10.2 Å². The molecule has 1 aliphatic heterocycles. The van der Waals surface area contributed by atoms with Crippen molar-refractivity contribution in [3.8, 4) is 0 Å². The molecule has 1 atom stereocenters. The van der Waals surface area contributed by atoms with Crippen LogP contribution in [-0.2, 0) is 0 Å². The van der Waals surface area contributed by atoms with Crippen LogP contribution in [0.1, 0.15) is 6.42 Å². The molecule has 4 heteroatoms.